The summed E-state index contributed by atoms with van der Waals surface area (Å²) < 4.78 is 5.89. The molecule has 1 saturated carbocycles. The Bertz CT molecular complexity index is 985. The number of halogens is 2. The Morgan fingerprint density at radius 1 is 1.09 bits per heavy atom. The van der Waals surface area contributed by atoms with Crippen molar-refractivity contribution in [3.05, 3.63) is 63.1 Å². The van der Waals surface area contributed by atoms with E-state index in [9.17, 15) is 9.59 Å². The molecule has 0 saturated heterocycles. The van der Waals surface area contributed by atoms with E-state index in [0.717, 1.165) is 36.8 Å². The third-order valence-electron chi connectivity index (χ3n) is 6.42. The maximum Gasteiger partial charge on any atom is 0.261 e. The normalized spacial score (nSPS) is 15.0. The number of benzene rings is 2. The van der Waals surface area contributed by atoms with E-state index < -0.39 is 6.04 Å². The zero-order valence-corrected chi connectivity index (χ0v) is 21.7. The van der Waals surface area contributed by atoms with E-state index in [-0.39, 0.29) is 31.0 Å². The molecule has 1 aliphatic carbocycles. The largest absolute Gasteiger partial charge is 0.483 e. The molecule has 0 aliphatic heterocycles. The van der Waals surface area contributed by atoms with Crippen LogP contribution in [0.5, 0.6) is 5.75 Å². The maximum absolute atomic E-state index is 13.5. The Balaban J connectivity index is 1.83. The van der Waals surface area contributed by atoms with Gasteiger partial charge in [-0.2, -0.15) is 0 Å². The first-order valence-electron chi connectivity index (χ1n) is 12.0. The average molecular weight is 505 g/mol. The first-order valence-corrected chi connectivity index (χ1v) is 12.8. The van der Waals surface area contributed by atoms with Crippen molar-refractivity contribution in [2.75, 3.05) is 6.61 Å². The Morgan fingerprint density at radius 2 is 1.76 bits per heavy atom. The van der Waals surface area contributed by atoms with Gasteiger partial charge in [0.25, 0.3) is 5.91 Å². The minimum absolute atomic E-state index is 0.129. The van der Waals surface area contributed by atoms with E-state index >= 15 is 0 Å². The van der Waals surface area contributed by atoms with Gasteiger partial charge in [0.2, 0.25) is 5.91 Å². The molecule has 184 valence electrons. The topological polar surface area (TPSA) is 58.6 Å². The summed E-state index contributed by atoms with van der Waals surface area (Å²) >= 11 is 12.8. The van der Waals surface area contributed by atoms with Gasteiger partial charge in [0.15, 0.2) is 6.61 Å². The number of carbonyl (C=O) groups is 2. The van der Waals surface area contributed by atoms with Crippen molar-refractivity contribution in [3.8, 4) is 5.75 Å². The predicted octanol–water partition coefficient (Wildman–Crippen LogP) is 6.25. The van der Waals surface area contributed by atoms with Gasteiger partial charge in [-0.1, -0.05) is 67.6 Å². The number of carbonyl (C=O) groups excluding carboxylic acids is 2. The highest BCUT2D eigenvalue weighted by atomic mass is 35.5. The van der Waals surface area contributed by atoms with Gasteiger partial charge < -0.3 is 15.0 Å². The number of nitrogens with zero attached hydrogens (tertiary/aromatic N) is 1. The van der Waals surface area contributed by atoms with Crippen molar-refractivity contribution in [1.29, 1.82) is 0 Å². The number of aryl methyl sites for hydroxylation is 2. The second kappa shape index (κ2) is 12.5. The van der Waals surface area contributed by atoms with Crippen molar-refractivity contribution in [1.82, 2.24) is 10.2 Å². The standard InChI is InChI=1S/C27H34Cl2N2O3/c1-4-24(27(33)30-20-9-6-5-7-10-20)31(16-21-22(28)11-8-12-23(21)29)26(32)17-34-25-15-18(2)13-14-19(25)3/h8,11-15,20,24H,4-7,9-10,16-17H2,1-3H3,(H,30,33)/t24-/m1/s1. The summed E-state index contributed by atoms with van der Waals surface area (Å²) in [7, 11) is 0. The molecule has 1 fully saturated rings. The van der Waals surface area contributed by atoms with Crippen LogP contribution in [0.25, 0.3) is 0 Å². The monoisotopic (exact) mass is 504 g/mol. The van der Waals surface area contributed by atoms with E-state index in [0.29, 0.717) is 27.8 Å². The number of amides is 2. The van der Waals surface area contributed by atoms with Crippen LogP contribution in [0.4, 0.5) is 0 Å². The predicted molar refractivity (Wildman–Crippen MR) is 138 cm³/mol. The minimum atomic E-state index is -0.649. The first kappa shape index (κ1) is 26.4. The molecule has 0 spiro atoms. The van der Waals surface area contributed by atoms with Crippen LogP contribution in [0.15, 0.2) is 36.4 Å². The molecular weight excluding hydrogens is 471 g/mol. The Labute approximate surface area is 212 Å². The second-order valence-corrected chi connectivity index (χ2v) is 9.86. The summed E-state index contributed by atoms with van der Waals surface area (Å²) in [6.07, 6.45) is 5.85. The fourth-order valence-electron chi connectivity index (χ4n) is 4.40. The van der Waals surface area contributed by atoms with Crippen LogP contribution in [0.1, 0.15) is 62.1 Å². The van der Waals surface area contributed by atoms with Crippen LogP contribution in [0.3, 0.4) is 0 Å². The van der Waals surface area contributed by atoms with Gasteiger partial charge in [-0.05, 0) is 62.4 Å². The lowest BCUT2D eigenvalue weighted by atomic mass is 9.95. The molecule has 7 heteroatoms. The highest BCUT2D eigenvalue weighted by Gasteiger charge is 2.31. The van der Waals surface area contributed by atoms with Crippen LogP contribution in [0.2, 0.25) is 10.0 Å². The summed E-state index contributed by atoms with van der Waals surface area (Å²) in [5.74, 6) is 0.226. The SMILES string of the molecule is CC[C@H](C(=O)NC1CCCCC1)N(Cc1c(Cl)cccc1Cl)C(=O)COc1cc(C)ccc1C. The lowest BCUT2D eigenvalue weighted by Gasteiger charge is -2.33. The molecule has 0 unspecified atom stereocenters. The highest BCUT2D eigenvalue weighted by molar-refractivity contribution is 6.36. The number of hydrogen-bond donors (Lipinski definition) is 1. The van der Waals surface area contributed by atoms with Crippen LogP contribution in [-0.4, -0.2) is 35.4 Å². The molecule has 3 rings (SSSR count). The fraction of sp³-hybridized carbons (Fsp3) is 0.481. The van der Waals surface area contributed by atoms with E-state index in [1.807, 2.05) is 39.0 Å². The molecule has 2 aromatic carbocycles. The van der Waals surface area contributed by atoms with E-state index in [2.05, 4.69) is 5.32 Å². The van der Waals surface area contributed by atoms with Crippen LogP contribution >= 0.6 is 23.2 Å². The summed E-state index contributed by atoms with van der Waals surface area (Å²) in [6, 6.07) is 10.6. The van der Waals surface area contributed by atoms with Gasteiger partial charge in [0.1, 0.15) is 11.8 Å². The van der Waals surface area contributed by atoms with Gasteiger partial charge in [-0.3, -0.25) is 9.59 Å². The summed E-state index contributed by atoms with van der Waals surface area (Å²) in [5.41, 5.74) is 2.61. The highest BCUT2D eigenvalue weighted by Crippen LogP contribution is 2.28. The van der Waals surface area contributed by atoms with Gasteiger partial charge in [-0.25, -0.2) is 0 Å². The number of hydrogen-bond acceptors (Lipinski definition) is 3. The maximum atomic E-state index is 13.5. The third-order valence-corrected chi connectivity index (χ3v) is 7.13. The van der Waals surface area contributed by atoms with Crippen molar-refractivity contribution in [2.45, 2.75) is 77.9 Å². The Kier molecular flexibility index (Phi) is 9.66. The molecule has 2 amide bonds. The molecule has 34 heavy (non-hydrogen) atoms. The molecule has 1 aliphatic rings. The van der Waals surface area contributed by atoms with Crippen LogP contribution < -0.4 is 10.1 Å². The number of nitrogens with one attached hydrogen (secondary N) is 1. The van der Waals surface area contributed by atoms with E-state index in [1.54, 1.807) is 23.1 Å². The first-order chi connectivity index (χ1) is 16.3. The molecule has 0 heterocycles. The summed E-state index contributed by atoms with van der Waals surface area (Å²) in [4.78, 5) is 28.3. The molecule has 2 aromatic rings. The molecule has 1 N–H and O–H groups in total. The quantitative estimate of drug-likeness (QED) is 0.439. The second-order valence-electron chi connectivity index (χ2n) is 9.05. The Hall–Kier alpha value is -2.24. The zero-order valence-electron chi connectivity index (χ0n) is 20.2. The zero-order chi connectivity index (χ0) is 24.7. The summed E-state index contributed by atoms with van der Waals surface area (Å²) in [6.45, 7) is 5.77. The molecule has 5 nitrogen and oxygen atoms in total. The average Bonchev–Trinajstić information content (AvgIpc) is 2.81. The fourth-order valence-corrected chi connectivity index (χ4v) is 4.92. The van der Waals surface area contributed by atoms with Crippen molar-refractivity contribution in [3.63, 3.8) is 0 Å². The molecular formula is C27H34Cl2N2O3. The molecule has 1 atom stereocenters. The lowest BCUT2D eigenvalue weighted by Crippen LogP contribution is -2.52. The van der Waals surface area contributed by atoms with E-state index in [4.69, 9.17) is 27.9 Å². The number of rotatable bonds is 9. The lowest BCUT2D eigenvalue weighted by molar-refractivity contribution is -0.143. The number of ether oxygens (including phenoxy) is 1. The molecule has 0 radical (unpaired) electrons. The van der Waals surface area contributed by atoms with Crippen molar-refractivity contribution >= 4 is 35.0 Å². The Morgan fingerprint density at radius 3 is 2.41 bits per heavy atom. The minimum Gasteiger partial charge on any atom is -0.483 e. The van der Waals surface area contributed by atoms with E-state index in [1.165, 1.54) is 6.42 Å². The van der Waals surface area contributed by atoms with Gasteiger partial charge in [0, 0.05) is 28.2 Å². The third kappa shape index (κ3) is 6.89. The van der Waals surface area contributed by atoms with Gasteiger partial charge in [0.05, 0.1) is 0 Å². The molecule has 0 aromatic heterocycles. The van der Waals surface area contributed by atoms with Crippen molar-refractivity contribution in [2.24, 2.45) is 0 Å². The summed E-state index contributed by atoms with van der Waals surface area (Å²) in [5, 5.41) is 4.09. The van der Waals surface area contributed by atoms with Crippen LogP contribution in [0, 0.1) is 13.8 Å². The van der Waals surface area contributed by atoms with Gasteiger partial charge >= 0.3 is 0 Å². The van der Waals surface area contributed by atoms with Crippen molar-refractivity contribution < 1.29 is 14.3 Å². The molecule has 0 bridgehead atoms. The smallest absolute Gasteiger partial charge is 0.261 e. The van der Waals surface area contributed by atoms with Crippen LogP contribution in [-0.2, 0) is 16.1 Å². The van der Waals surface area contributed by atoms with Gasteiger partial charge in [-0.15, -0.1) is 0 Å².